The molecule has 2 aromatic rings. The van der Waals surface area contributed by atoms with Crippen LogP contribution in [0.1, 0.15) is 58.1 Å². The molecule has 4 atom stereocenters. The zero-order valence-corrected chi connectivity index (χ0v) is 24.6. The van der Waals surface area contributed by atoms with E-state index in [0.717, 1.165) is 22.3 Å². The molecule has 0 bridgehead atoms. The third kappa shape index (κ3) is 7.86. The van der Waals surface area contributed by atoms with Gasteiger partial charge < -0.3 is 31.2 Å². The molecule has 0 radical (unpaired) electrons. The number of alkyl carbamates (subject to hydrolysis) is 1. The third-order valence-electron chi connectivity index (χ3n) is 7.46. The second-order valence-electron chi connectivity index (χ2n) is 10.9. The number of rotatable bonds is 13. The van der Waals surface area contributed by atoms with Crippen molar-refractivity contribution in [3.8, 4) is 11.1 Å². The summed E-state index contributed by atoms with van der Waals surface area (Å²) in [6.45, 7) is 7.94. The number of nitrogens with two attached hydrogens (primary N) is 1. The van der Waals surface area contributed by atoms with Crippen molar-refractivity contribution in [1.82, 2.24) is 16.0 Å². The Morgan fingerprint density at radius 1 is 0.810 bits per heavy atom. The Bertz CT molecular complexity index is 1270. The average molecular weight is 581 g/mol. The number of primary amides is 1. The van der Waals surface area contributed by atoms with Crippen LogP contribution < -0.4 is 21.7 Å². The Labute approximate surface area is 245 Å². The second kappa shape index (κ2) is 14.5. The maximum absolute atomic E-state index is 13.0. The van der Waals surface area contributed by atoms with E-state index in [1.165, 1.54) is 6.92 Å². The number of fused-ring (bicyclic) bond motifs is 3. The zero-order chi connectivity index (χ0) is 31.0. The van der Waals surface area contributed by atoms with E-state index in [4.69, 9.17) is 15.2 Å². The number of benzene rings is 2. The predicted octanol–water partition coefficient (Wildman–Crippen LogP) is 2.61. The molecule has 3 rings (SSSR count). The number of hydrogen-bond acceptors (Lipinski definition) is 7. The Kier molecular flexibility index (Phi) is 11.1. The molecule has 0 unspecified atom stereocenters. The molecule has 5 N–H and O–H groups in total. The number of ether oxygens (including phenoxy) is 2. The van der Waals surface area contributed by atoms with Gasteiger partial charge in [-0.05, 0) is 41.0 Å². The highest BCUT2D eigenvalue weighted by molar-refractivity contribution is 5.91. The minimum Gasteiger partial charge on any atom is -0.454 e. The van der Waals surface area contributed by atoms with Crippen molar-refractivity contribution in [2.75, 3.05) is 13.2 Å². The summed E-state index contributed by atoms with van der Waals surface area (Å²) < 4.78 is 10.6. The number of esters is 1. The zero-order valence-electron chi connectivity index (χ0n) is 24.6. The summed E-state index contributed by atoms with van der Waals surface area (Å²) in [5.74, 6) is -3.51. The first-order chi connectivity index (χ1) is 19.9. The van der Waals surface area contributed by atoms with Gasteiger partial charge in [0.15, 0.2) is 6.61 Å². The number of hydrogen-bond donors (Lipinski definition) is 4. The van der Waals surface area contributed by atoms with E-state index in [9.17, 15) is 24.0 Å². The number of nitrogens with one attached hydrogen (secondary N) is 3. The molecular weight excluding hydrogens is 540 g/mol. The molecule has 0 saturated carbocycles. The minimum atomic E-state index is -1.11. The van der Waals surface area contributed by atoms with Crippen molar-refractivity contribution >= 4 is 29.8 Å². The fourth-order valence-corrected chi connectivity index (χ4v) is 4.87. The van der Waals surface area contributed by atoms with Crippen LogP contribution in [-0.2, 0) is 28.7 Å². The Balaban J connectivity index is 1.52. The van der Waals surface area contributed by atoms with Gasteiger partial charge in [0.2, 0.25) is 11.8 Å². The van der Waals surface area contributed by atoms with Crippen molar-refractivity contribution in [1.29, 1.82) is 0 Å². The van der Waals surface area contributed by atoms with Crippen LogP contribution in [0.4, 0.5) is 4.79 Å². The van der Waals surface area contributed by atoms with Crippen LogP contribution in [0, 0.1) is 11.8 Å². The van der Waals surface area contributed by atoms with Gasteiger partial charge >= 0.3 is 12.1 Å². The first-order valence-corrected chi connectivity index (χ1v) is 14.1. The summed E-state index contributed by atoms with van der Waals surface area (Å²) in [4.78, 5) is 62.0. The van der Waals surface area contributed by atoms with Gasteiger partial charge in [-0.1, -0.05) is 82.6 Å². The summed E-state index contributed by atoms with van der Waals surface area (Å²) in [5, 5.41) is 7.57. The third-order valence-corrected chi connectivity index (χ3v) is 7.46. The van der Waals surface area contributed by atoms with Gasteiger partial charge in [-0.2, -0.15) is 0 Å². The molecule has 4 amide bonds. The van der Waals surface area contributed by atoms with E-state index in [-0.39, 0.29) is 24.4 Å². The monoisotopic (exact) mass is 580 g/mol. The lowest BCUT2D eigenvalue weighted by atomic mass is 9.98. The largest absolute Gasteiger partial charge is 0.454 e. The van der Waals surface area contributed by atoms with Crippen molar-refractivity contribution in [2.24, 2.45) is 17.6 Å². The van der Waals surface area contributed by atoms with Gasteiger partial charge in [-0.3, -0.25) is 14.4 Å². The SMILES string of the molecule is CC[C@H](C)[C@H](NC(=O)COC(=O)[C@H](C)NC(=O)[C@@H](NC(=O)OCC1c2ccccc2-c2ccccc21)C(C)C)C(N)=O. The van der Waals surface area contributed by atoms with E-state index in [0.29, 0.717) is 6.42 Å². The van der Waals surface area contributed by atoms with E-state index < -0.39 is 54.5 Å². The summed E-state index contributed by atoms with van der Waals surface area (Å²) in [6, 6.07) is 12.9. The predicted molar refractivity (Wildman–Crippen MR) is 156 cm³/mol. The number of amides is 4. The van der Waals surface area contributed by atoms with Crippen molar-refractivity contribution in [3.05, 3.63) is 59.7 Å². The highest BCUT2D eigenvalue weighted by Crippen LogP contribution is 2.44. The maximum Gasteiger partial charge on any atom is 0.407 e. The highest BCUT2D eigenvalue weighted by atomic mass is 16.5. The van der Waals surface area contributed by atoms with Crippen LogP contribution in [-0.4, -0.2) is 61.1 Å². The summed E-state index contributed by atoms with van der Waals surface area (Å²) in [7, 11) is 0. The molecule has 42 heavy (non-hydrogen) atoms. The second-order valence-corrected chi connectivity index (χ2v) is 10.9. The van der Waals surface area contributed by atoms with Gasteiger partial charge in [0, 0.05) is 5.92 Å². The summed E-state index contributed by atoms with van der Waals surface area (Å²) in [6.07, 6.45) is -0.152. The molecule has 0 spiro atoms. The molecule has 226 valence electrons. The lowest BCUT2D eigenvalue weighted by Gasteiger charge is -2.24. The van der Waals surface area contributed by atoms with Gasteiger partial charge in [0.1, 0.15) is 24.7 Å². The Morgan fingerprint density at radius 3 is 1.90 bits per heavy atom. The van der Waals surface area contributed by atoms with Crippen LogP contribution >= 0.6 is 0 Å². The fraction of sp³-hybridized carbons (Fsp3) is 0.452. The molecular formula is C31H40N4O7. The molecule has 1 aliphatic carbocycles. The molecule has 0 aromatic heterocycles. The smallest absolute Gasteiger partial charge is 0.407 e. The number of carbonyl (C=O) groups excluding carboxylic acids is 5. The van der Waals surface area contributed by atoms with Crippen LogP contribution in [0.2, 0.25) is 0 Å². The van der Waals surface area contributed by atoms with Gasteiger partial charge in [0.25, 0.3) is 5.91 Å². The molecule has 0 aliphatic heterocycles. The van der Waals surface area contributed by atoms with Crippen molar-refractivity contribution < 1.29 is 33.4 Å². The lowest BCUT2D eigenvalue weighted by molar-refractivity contribution is -0.151. The van der Waals surface area contributed by atoms with E-state index >= 15 is 0 Å². The van der Waals surface area contributed by atoms with Gasteiger partial charge in [0.05, 0.1) is 0 Å². The maximum atomic E-state index is 13.0. The molecule has 11 nitrogen and oxygen atoms in total. The molecule has 11 heteroatoms. The van der Waals surface area contributed by atoms with E-state index in [1.807, 2.05) is 55.5 Å². The molecule has 1 aliphatic rings. The Hall–Kier alpha value is -4.41. The van der Waals surface area contributed by atoms with Crippen LogP contribution in [0.15, 0.2) is 48.5 Å². The minimum absolute atomic E-state index is 0.0880. The molecule has 0 heterocycles. The summed E-state index contributed by atoms with van der Waals surface area (Å²) in [5.41, 5.74) is 9.68. The topological polar surface area (TPSA) is 166 Å². The Morgan fingerprint density at radius 2 is 1.38 bits per heavy atom. The normalized spacial score (nSPS) is 14.9. The van der Waals surface area contributed by atoms with E-state index in [1.54, 1.807) is 20.8 Å². The standard InChI is InChI=1S/C31H40N4O7/c1-6-18(4)27(28(32)37)34-25(36)16-41-30(39)19(5)33-29(38)26(17(2)3)35-31(40)42-15-24-22-13-9-7-11-20(22)21-12-8-10-14-23(21)24/h7-14,17-19,24,26-27H,6,15-16H2,1-5H3,(H2,32,37)(H,33,38)(H,34,36)(H,35,40)/t18-,19-,26-,27-/m0/s1. The van der Waals surface area contributed by atoms with Crippen molar-refractivity contribution in [3.63, 3.8) is 0 Å². The number of carbonyl (C=O) groups is 5. The summed E-state index contributed by atoms with van der Waals surface area (Å²) >= 11 is 0. The van der Waals surface area contributed by atoms with Crippen LogP contribution in [0.5, 0.6) is 0 Å². The first-order valence-electron chi connectivity index (χ1n) is 14.1. The highest BCUT2D eigenvalue weighted by Gasteiger charge is 2.31. The fourth-order valence-electron chi connectivity index (χ4n) is 4.87. The van der Waals surface area contributed by atoms with E-state index in [2.05, 4.69) is 16.0 Å². The average Bonchev–Trinajstić information content (AvgIpc) is 3.28. The first kappa shape index (κ1) is 32.1. The molecule has 0 fully saturated rings. The lowest BCUT2D eigenvalue weighted by Crippen LogP contribution is -2.53. The molecule has 2 aromatic carbocycles. The van der Waals surface area contributed by atoms with Crippen molar-refractivity contribution in [2.45, 2.75) is 65.1 Å². The van der Waals surface area contributed by atoms with Gasteiger partial charge in [-0.15, -0.1) is 0 Å². The molecule has 0 saturated heterocycles. The van der Waals surface area contributed by atoms with Crippen LogP contribution in [0.3, 0.4) is 0 Å². The quantitative estimate of drug-likeness (QED) is 0.264. The van der Waals surface area contributed by atoms with Crippen LogP contribution in [0.25, 0.3) is 11.1 Å². The van der Waals surface area contributed by atoms with Gasteiger partial charge in [-0.25, -0.2) is 9.59 Å².